The molecule has 1 amide bonds. The van der Waals surface area contributed by atoms with Gasteiger partial charge in [0.2, 0.25) is 0 Å². The van der Waals surface area contributed by atoms with Crippen molar-refractivity contribution in [2.75, 3.05) is 13.1 Å². The van der Waals surface area contributed by atoms with E-state index in [4.69, 9.17) is 0 Å². The zero-order valence-corrected chi connectivity index (χ0v) is 16.3. The van der Waals surface area contributed by atoms with Crippen molar-refractivity contribution in [1.82, 2.24) is 14.7 Å². The Kier molecular flexibility index (Phi) is 4.92. The van der Waals surface area contributed by atoms with Crippen LogP contribution in [0.1, 0.15) is 28.8 Å². The minimum absolute atomic E-state index is 0.0652. The Balaban J connectivity index is 1.48. The molecule has 0 aliphatic carbocycles. The van der Waals surface area contributed by atoms with E-state index >= 15 is 0 Å². The van der Waals surface area contributed by atoms with Crippen LogP contribution >= 0.6 is 0 Å². The predicted molar refractivity (Wildman–Crippen MR) is 110 cm³/mol. The van der Waals surface area contributed by atoms with Crippen molar-refractivity contribution in [1.29, 1.82) is 0 Å². The summed E-state index contributed by atoms with van der Waals surface area (Å²) in [5.41, 5.74) is 2.29. The third kappa shape index (κ3) is 3.53. The highest BCUT2D eigenvalue weighted by Gasteiger charge is 2.43. The summed E-state index contributed by atoms with van der Waals surface area (Å²) in [6.45, 7) is 0.837. The second-order valence-corrected chi connectivity index (χ2v) is 7.50. The molecule has 0 saturated carbocycles. The van der Waals surface area contributed by atoms with Crippen LogP contribution in [-0.4, -0.2) is 44.8 Å². The lowest BCUT2D eigenvalue weighted by Gasteiger charge is -2.39. The van der Waals surface area contributed by atoms with Crippen molar-refractivity contribution in [2.24, 2.45) is 7.05 Å². The Bertz CT molecular complexity index is 1020. The molecule has 6 nitrogen and oxygen atoms in total. The number of hydrogen-bond donors (Lipinski definition) is 1. The van der Waals surface area contributed by atoms with Crippen molar-refractivity contribution in [3.05, 3.63) is 78.0 Å². The summed E-state index contributed by atoms with van der Waals surface area (Å²) < 4.78 is 1.74. The van der Waals surface area contributed by atoms with E-state index in [0.717, 1.165) is 16.8 Å². The Hall–Kier alpha value is -3.41. The van der Waals surface area contributed by atoms with Crippen LogP contribution in [0.5, 0.6) is 0 Å². The number of aliphatic carboxylic acids is 1. The van der Waals surface area contributed by atoms with Gasteiger partial charge in [0, 0.05) is 37.5 Å². The topological polar surface area (TPSA) is 75.4 Å². The molecule has 1 saturated heterocycles. The van der Waals surface area contributed by atoms with E-state index in [0.29, 0.717) is 31.5 Å². The fourth-order valence-electron chi connectivity index (χ4n) is 4.01. The molecule has 148 valence electrons. The van der Waals surface area contributed by atoms with Gasteiger partial charge in [-0.1, -0.05) is 42.5 Å². The monoisotopic (exact) mass is 389 g/mol. The Morgan fingerprint density at radius 1 is 0.966 bits per heavy atom. The van der Waals surface area contributed by atoms with E-state index in [2.05, 4.69) is 5.10 Å². The molecule has 1 aromatic heterocycles. The van der Waals surface area contributed by atoms with Gasteiger partial charge < -0.3 is 10.0 Å². The number of benzene rings is 2. The number of rotatable bonds is 4. The van der Waals surface area contributed by atoms with Crippen LogP contribution in [0.2, 0.25) is 0 Å². The number of aryl methyl sites for hydroxylation is 1. The van der Waals surface area contributed by atoms with Crippen LogP contribution in [0.25, 0.3) is 11.3 Å². The van der Waals surface area contributed by atoms with Crippen LogP contribution < -0.4 is 0 Å². The molecule has 0 bridgehead atoms. The molecule has 3 aromatic rings. The Morgan fingerprint density at radius 2 is 1.62 bits per heavy atom. The van der Waals surface area contributed by atoms with Gasteiger partial charge in [-0.05, 0) is 36.6 Å². The first-order chi connectivity index (χ1) is 14.0. The van der Waals surface area contributed by atoms with Crippen LogP contribution in [0, 0.1) is 0 Å². The van der Waals surface area contributed by atoms with Crippen molar-refractivity contribution >= 4 is 11.9 Å². The first-order valence-electron chi connectivity index (χ1n) is 9.68. The number of carboxylic acid groups (broad SMARTS) is 1. The zero-order chi connectivity index (χ0) is 20.4. The summed E-state index contributed by atoms with van der Waals surface area (Å²) in [5, 5.41) is 14.3. The minimum atomic E-state index is -0.930. The number of nitrogens with zero attached hydrogens (tertiary/aromatic N) is 3. The number of carbonyl (C=O) groups excluding carboxylic acids is 1. The van der Waals surface area contributed by atoms with Crippen LogP contribution in [-0.2, 0) is 17.3 Å². The molecule has 2 heterocycles. The summed E-state index contributed by atoms with van der Waals surface area (Å²) in [6.07, 6.45) is 2.69. The number of hydrogen-bond acceptors (Lipinski definition) is 3. The molecular formula is C23H23N3O3. The highest BCUT2D eigenvalue weighted by Crippen LogP contribution is 2.36. The zero-order valence-electron chi connectivity index (χ0n) is 16.3. The average Bonchev–Trinajstić information content (AvgIpc) is 3.20. The number of carbonyl (C=O) groups is 2. The summed E-state index contributed by atoms with van der Waals surface area (Å²) >= 11 is 0. The van der Waals surface area contributed by atoms with Crippen LogP contribution in [0.4, 0.5) is 0 Å². The third-order valence-electron chi connectivity index (χ3n) is 5.78. The molecule has 29 heavy (non-hydrogen) atoms. The van der Waals surface area contributed by atoms with Gasteiger partial charge >= 0.3 is 5.97 Å². The first kappa shape index (κ1) is 18.9. The summed E-state index contributed by atoms with van der Waals surface area (Å²) in [4.78, 5) is 26.8. The number of carboxylic acids is 1. The maximum Gasteiger partial charge on any atom is 0.314 e. The number of likely N-dealkylation sites (tertiary alicyclic amines) is 1. The molecule has 2 aromatic carbocycles. The molecule has 0 atom stereocenters. The Morgan fingerprint density at radius 3 is 2.17 bits per heavy atom. The van der Waals surface area contributed by atoms with E-state index in [1.807, 2.05) is 73.9 Å². The largest absolute Gasteiger partial charge is 0.481 e. The van der Waals surface area contributed by atoms with Crippen LogP contribution in [0.3, 0.4) is 0 Å². The SMILES string of the molecule is Cn1ccc(-c2ccc(C(=O)N3CCC(C(=O)O)(c4ccccc4)CC3)cc2)n1. The lowest BCUT2D eigenvalue weighted by molar-refractivity contribution is -0.145. The predicted octanol–water partition coefficient (Wildman–Crippen LogP) is 3.35. The van der Waals surface area contributed by atoms with Crippen LogP contribution in [0.15, 0.2) is 66.9 Å². The maximum atomic E-state index is 12.9. The van der Waals surface area contributed by atoms with Crippen molar-refractivity contribution in [3.63, 3.8) is 0 Å². The van der Waals surface area contributed by atoms with Gasteiger partial charge in [-0.15, -0.1) is 0 Å². The molecule has 0 radical (unpaired) electrons. The number of aromatic nitrogens is 2. The summed E-state index contributed by atoms with van der Waals surface area (Å²) in [5.74, 6) is -0.889. The smallest absolute Gasteiger partial charge is 0.314 e. The average molecular weight is 389 g/mol. The fraction of sp³-hybridized carbons (Fsp3) is 0.261. The van der Waals surface area contributed by atoms with Crippen molar-refractivity contribution < 1.29 is 14.7 Å². The third-order valence-corrected chi connectivity index (χ3v) is 5.78. The summed E-state index contributed by atoms with van der Waals surface area (Å²) in [6, 6.07) is 18.7. The normalized spacial score (nSPS) is 15.8. The highest BCUT2D eigenvalue weighted by molar-refractivity contribution is 5.95. The van der Waals surface area contributed by atoms with Crippen molar-refractivity contribution in [2.45, 2.75) is 18.3 Å². The number of amides is 1. The van der Waals surface area contributed by atoms with Crippen molar-refractivity contribution in [3.8, 4) is 11.3 Å². The minimum Gasteiger partial charge on any atom is -0.481 e. The highest BCUT2D eigenvalue weighted by atomic mass is 16.4. The lowest BCUT2D eigenvalue weighted by Crippen LogP contribution is -2.49. The summed E-state index contributed by atoms with van der Waals surface area (Å²) in [7, 11) is 1.87. The van der Waals surface area contributed by atoms with Gasteiger partial charge in [-0.25, -0.2) is 0 Å². The molecule has 1 N–H and O–H groups in total. The second-order valence-electron chi connectivity index (χ2n) is 7.50. The standard InChI is InChI=1S/C23H23N3O3/c1-25-14-11-20(24-25)17-7-9-18(10-8-17)21(27)26-15-12-23(13-16-26,22(28)29)19-5-3-2-4-6-19/h2-11,14H,12-13,15-16H2,1H3,(H,28,29). The number of piperidine rings is 1. The molecule has 0 unspecified atom stereocenters. The quantitative estimate of drug-likeness (QED) is 0.743. The van der Waals surface area contributed by atoms with Gasteiger partial charge in [-0.3, -0.25) is 14.3 Å². The molecule has 6 heteroatoms. The fourth-order valence-corrected chi connectivity index (χ4v) is 4.01. The van der Waals surface area contributed by atoms with Gasteiger partial charge in [0.05, 0.1) is 11.1 Å². The van der Waals surface area contributed by atoms with E-state index in [1.54, 1.807) is 9.58 Å². The molecule has 1 aliphatic heterocycles. The lowest BCUT2D eigenvalue weighted by atomic mass is 9.73. The van der Waals surface area contributed by atoms with Gasteiger partial charge in [0.25, 0.3) is 5.91 Å². The van der Waals surface area contributed by atoms with E-state index in [1.165, 1.54) is 0 Å². The van der Waals surface area contributed by atoms with Gasteiger partial charge in [0.1, 0.15) is 0 Å². The Labute approximate surface area is 169 Å². The van der Waals surface area contributed by atoms with E-state index < -0.39 is 11.4 Å². The molecular weight excluding hydrogens is 366 g/mol. The van der Waals surface area contributed by atoms with Gasteiger partial charge in [-0.2, -0.15) is 5.10 Å². The second kappa shape index (κ2) is 7.54. The van der Waals surface area contributed by atoms with E-state index in [9.17, 15) is 14.7 Å². The first-order valence-corrected chi connectivity index (χ1v) is 9.68. The molecule has 1 aliphatic rings. The molecule has 1 fully saturated rings. The molecule has 0 spiro atoms. The maximum absolute atomic E-state index is 12.9. The van der Waals surface area contributed by atoms with E-state index in [-0.39, 0.29) is 5.91 Å². The molecule has 4 rings (SSSR count). The van der Waals surface area contributed by atoms with Gasteiger partial charge in [0.15, 0.2) is 0 Å².